The van der Waals surface area contributed by atoms with E-state index in [4.69, 9.17) is 10.00 Å². The smallest absolute Gasteiger partial charge is 0.264 e. The van der Waals surface area contributed by atoms with Crippen molar-refractivity contribution < 1.29 is 23.1 Å². The summed E-state index contributed by atoms with van der Waals surface area (Å²) in [6.07, 6.45) is -0.0311. The predicted octanol–water partition coefficient (Wildman–Crippen LogP) is 1.17. The average Bonchev–Trinajstić information content (AvgIpc) is 2.62. The molecule has 0 aliphatic rings. The molecule has 2 aromatic carbocycles. The van der Waals surface area contributed by atoms with Gasteiger partial charge in [0, 0.05) is 12.6 Å². The fourth-order valence-corrected chi connectivity index (χ4v) is 3.72. The molecule has 0 saturated carbocycles. The number of nitrogens with zero attached hydrogens (tertiary/aromatic N) is 2. The van der Waals surface area contributed by atoms with Crippen molar-refractivity contribution >= 4 is 21.7 Å². The molecule has 2 aromatic rings. The first-order chi connectivity index (χ1) is 11.9. The highest BCUT2D eigenvalue weighted by Crippen LogP contribution is 2.27. The van der Waals surface area contributed by atoms with Gasteiger partial charge in [-0.1, -0.05) is 18.2 Å². The molecule has 0 radical (unpaired) electrons. The molecule has 2 rings (SSSR count). The highest BCUT2D eigenvalue weighted by molar-refractivity contribution is 7.92. The minimum atomic E-state index is -4.07. The quantitative estimate of drug-likeness (QED) is 0.734. The van der Waals surface area contributed by atoms with Gasteiger partial charge in [0.15, 0.2) is 0 Å². The van der Waals surface area contributed by atoms with E-state index in [0.29, 0.717) is 11.4 Å². The van der Waals surface area contributed by atoms with Crippen LogP contribution in [0.4, 0.5) is 5.69 Å². The lowest BCUT2D eigenvalue weighted by molar-refractivity contribution is -0.255. The van der Waals surface area contributed by atoms with Crippen molar-refractivity contribution in [3.8, 4) is 11.8 Å². The maximum absolute atomic E-state index is 13.0. The second kappa shape index (κ2) is 7.68. The van der Waals surface area contributed by atoms with Gasteiger partial charge in [-0.25, -0.2) is 8.42 Å². The van der Waals surface area contributed by atoms with Crippen molar-refractivity contribution in [2.45, 2.75) is 11.3 Å². The number of rotatable bonds is 7. The van der Waals surface area contributed by atoms with Gasteiger partial charge in [-0.2, -0.15) is 5.26 Å². The van der Waals surface area contributed by atoms with Crippen LogP contribution >= 0.6 is 0 Å². The van der Waals surface area contributed by atoms with Crippen molar-refractivity contribution in [2.75, 3.05) is 18.0 Å². The summed E-state index contributed by atoms with van der Waals surface area (Å²) in [5.74, 6) is -1.01. The number of hydrogen-bond acceptors (Lipinski definition) is 6. The molecule has 0 N–H and O–H groups in total. The Hall–Kier alpha value is -3.05. The largest absolute Gasteiger partial charge is 0.545 e. The lowest BCUT2D eigenvalue weighted by atomic mass is 10.2. The summed E-state index contributed by atoms with van der Waals surface area (Å²) >= 11 is 0. The second-order valence-electron chi connectivity index (χ2n) is 5.00. The lowest BCUT2D eigenvalue weighted by Crippen LogP contribution is -2.32. The molecule has 7 nitrogen and oxygen atoms in total. The summed E-state index contributed by atoms with van der Waals surface area (Å²) in [7, 11) is -2.62. The molecular formula is C17H15N2O5S-. The Labute approximate surface area is 145 Å². The maximum Gasteiger partial charge on any atom is 0.264 e. The zero-order valence-electron chi connectivity index (χ0n) is 13.4. The third kappa shape index (κ3) is 4.08. The predicted molar refractivity (Wildman–Crippen MR) is 88.5 cm³/mol. The highest BCUT2D eigenvalue weighted by Gasteiger charge is 2.25. The van der Waals surface area contributed by atoms with E-state index in [1.165, 1.54) is 31.4 Å². The van der Waals surface area contributed by atoms with Gasteiger partial charge in [-0.05, 0) is 29.8 Å². The van der Waals surface area contributed by atoms with Gasteiger partial charge in [0.05, 0.1) is 36.2 Å². The van der Waals surface area contributed by atoms with Crippen LogP contribution in [0.25, 0.3) is 0 Å². The van der Waals surface area contributed by atoms with Crippen molar-refractivity contribution in [3.05, 3.63) is 54.1 Å². The first-order valence-electron chi connectivity index (χ1n) is 7.25. The first kappa shape index (κ1) is 18.3. The van der Waals surface area contributed by atoms with Gasteiger partial charge in [-0.3, -0.25) is 4.31 Å². The molecule has 130 valence electrons. The number of carboxylic acids is 1. The molecule has 0 heterocycles. The third-order valence-electron chi connectivity index (χ3n) is 3.43. The number of nitriles is 1. The lowest BCUT2D eigenvalue weighted by Gasteiger charge is -2.24. The monoisotopic (exact) mass is 359 g/mol. The van der Waals surface area contributed by atoms with Crippen LogP contribution < -0.4 is 14.1 Å². The zero-order valence-corrected chi connectivity index (χ0v) is 14.2. The van der Waals surface area contributed by atoms with Crippen LogP contribution in [0.1, 0.15) is 16.8 Å². The van der Waals surface area contributed by atoms with E-state index in [2.05, 4.69) is 0 Å². The van der Waals surface area contributed by atoms with Crippen molar-refractivity contribution in [1.82, 2.24) is 0 Å². The van der Waals surface area contributed by atoms with E-state index < -0.39 is 16.0 Å². The Bertz CT molecular complexity index is 919. The Morgan fingerprint density at radius 1 is 1.24 bits per heavy atom. The molecule has 25 heavy (non-hydrogen) atoms. The van der Waals surface area contributed by atoms with Crippen molar-refractivity contribution in [3.63, 3.8) is 0 Å². The number of methoxy groups -OCH3 is 1. The molecule has 0 amide bonds. The highest BCUT2D eigenvalue weighted by atomic mass is 32.2. The van der Waals surface area contributed by atoms with E-state index in [0.717, 1.165) is 10.4 Å². The topological polar surface area (TPSA) is 111 Å². The van der Waals surface area contributed by atoms with Gasteiger partial charge in [0.2, 0.25) is 0 Å². The van der Waals surface area contributed by atoms with E-state index in [1.54, 1.807) is 18.2 Å². The van der Waals surface area contributed by atoms with Crippen molar-refractivity contribution in [2.24, 2.45) is 0 Å². The van der Waals surface area contributed by atoms with Crippen molar-refractivity contribution in [1.29, 1.82) is 5.26 Å². The molecule has 0 aliphatic heterocycles. The number of aromatic carboxylic acids is 1. The molecule has 0 fully saturated rings. The maximum atomic E-state index is 13.0. The fraction of sp³-hybridized carbons (Fsp3) is 0.176. The van der Waals surface area contributed by atoms with Crippen LogP contribution in [0.5, 0.6) is 5.75 Å². The zero-order chi connectivity index (χ0) is 18.4. The number of sulfonamides is 1. The van der Waals surface area contributed by atoms with Crippen LogP contribution in [0.3, 0.4) is 0 Å². The number of carbonyl (C=O) groups is 1. The Kier molecular flexibility index (Phi) is 5.62. The molecule has 0 saturated heterocycles. The van der Waals surface area contributed by atoms with E-state index in [9.17, 15) is 18.3 Å². The summed E-state index contributed by atoms with van der Waals surface area (Å²) in [4.78, 5) is 10.8. The number of benzene rings is 2. The third-order valence-corrected chi connectivity index (χ3v) is 5.25. The SMILES string of the molecule is COc1cccc(N(CCC#N)S(=O)(=O)c2cccc(C(=O)[O-])c2)c1. The van der Waals surface area contributed by atoms with Crippen LogP contribution in [0.2, 0.25) is 0 Å². The Balaban J connectivity index is 2.54. The van der Waals surface area contributed by atoms with E-state index in [1.807, 2.05) is 6.07 Å². The first-order valence-corrected chi connectivity index (χ1v) is 8.69. The molecule has 0 bridgehead atoms. The van der Waals surface area contributed by atoms with Gasteiger partial charge in [0.1, 0.15) is 5.75 Å². The van der Waals surface area contributed by atoms with Gasteiger partial charge in [0.25, 0.3) is 10.0 Å². The molecule has 0 unspecified atom stereocenters. The Morgan fingerprint density at radius 2 is 1.96 bits per heavy atom. The summed E-state index contributed by atoms with van der Waals surface area (Å²) in [6, 6.07) is 13.2. The summed E-state index contributed by atoms with van der Waals surface area (Å²) in [5, 5.41) is 19.8. The summed E-state index contributed by atoms with van der Waals surface area (Å²) in [5.41, 5.74) is 0.0698. The normalized spacial score (nSPS) is 10.7. The van der Waals surface area contributed by atoms with Crippen LogP contribution in [-0.4, -0.2) is 28.0 Å². The number of ether oxygens (including phenoxy) is 1. The minimum Gasteiger partial charge on any atom is -0.545 e. The molecule has 0 spiro atoms. The number of anilines is 1. The number of carboxylic acid groups (broad SMARTS) is 1. The molecule has 0 aromatic heterocycles. The summed E-state index contributed by atoms with van der Waals surface area (Å²) < 4.78 is 32.1. The van der Waals surface area contributed by atoms with Gasteiger partial charge < -0.3 is 14.6 Å². The van der Waals surface area contributed by atoms with E-state index >= 15 is 0 Å². The molecule has 8 heteroatoms. The summed E-state index contributed by atoms with van der Waals surface area (Å²) in [6.45, 7) is -0.0818. The second-order valence-corrected chi connectivity index (χ2v) is 6.86. The van der Waals surface area contributed by atoms with Gasteiger partial charge in [-0.15, -0.1) is 0 Å². The van der Waals surface area contributed by atoms with Crippen LogP contribution in [0.15, 0.2) is 53.4 Å². The minimum absolute atomic E-state index is 0.0311. The standard InChI is InChI=1S/C17H16N2O5S/c1-24-15-7-3-6-14(12-15)19(10-4-9-18)25(22,23)16-8-2-5-13(11-16)17(20)21/h2-3,5-8,11-12H,4,10H2,1H3,(H,20,21)/p-1. The van der Waals surface area contributed by atoms with Gasteiger partial charge >= 0.3 is 0 Å². The molecule has 0 aliphatic carbocycles. The van der Waals surface area contributed by atoms with Crippen LogP contribution in [-0.2, 0) is 10.0 Å². The fourth-order valence-electron chi connectivity index (χ4n) is 2.22. The number of carbonyl (C=O) groups excluding carboxylic acids is 1. The van der Waals surface area contributed by atoms with E-state index in [-0.39, 0.29) is 23.4 Å². The molecular weight excluding hydrogens is 344 g/mol. The Morgan fingerprint density at radius 3 is 2.60 bits per heavy atom. The van der Waals surface area contributed by atoms with Crippen LogP contribution in [0, 0.1) is 11.3 Å². The number of hydrogen-bond donors (Lipinski definition) is 0. The average molecular weight is 359 g/mol. The molecule has 0 atom stereocenters.